The number of ketones is 1. The molecule has 7 nitrogen and oxygen atoms in total. The van der Waals surface area contributed by atoms with Crippen LogP contribution in [0.5, 0.6) is 11.5 Å². The van der Waals surface area contributed by atoms with E-state index in [1.807, 2.05) is 38.1 Å². The molecule has 1 atom stereocenters. The lowest BCUT2D eigenvalue weighted by Crippen LogP contribution is -2.29. The van der Waals surface area contributed by atoms with Gasteiger partial charge in [-0.15, -0.1) is 0 Å². The van der Waals surface area contributed by atoms with Crippen molar-refractivity contribution in [3.63, 3.8) is 0 Å². The van der Waals surface area contributed by atoms with Gasteiger partial charge in [0.25, 0.3) is 5.78 Å². The summed E-state index contributed by atoms with van der Waals surface area (Å²) in [5, 5.41) is 11.6. The maximum Gasteiger partial charge on any atom is 0.301 e. The normalized spacial score (nSPS) is 17.1. The Morgan fingerprint density at radius 2 is 1.61 bits per heavy atom. The molecular weight excluding hydrogens is 476 g/mol. The Hall–Kier alpha value is -4.17. The molecule has 36 heavy (non-hydrogen) atoms. The fourth-order valence-electron chi connectivity index (χ4n) is 4.26. The van der Waals surface area contributed by atoms with Gasteiger partial charge in [0.15, 0.2) is 5.13 Å². The van der Waals surface area contributed by atoms with Crippen molar-refractivity contribution in [2.75, 3.05) is 18.1 Å². The van der Waals surface area contributed by atoms with E-state index in [1.165, 1.54) is 16.2 Å². The molecule has 0 aliphatic carbocycles. The monoisotopic (exact) mass is 500 g/mol. The summed E-state index contributed by atoms with van der Waals surface area (Å²) in [7, 11) is 0. The molecule has 1 aliphatic heterocycles. The number of hydrogen-bond donors (Lipinski definition) is 1. The largest absolute Gasteiger partial charge is 0.507 e. The van der Waals surface area contributed by atoms with Crippen molar-refractivity contribution < 1.29 is 24.2 Å². The number of aliphatic hydroxyl groups excluding tert-OH is 1. The minimum Gasteiger partial charge on any atom is -0.507 e. The molecular formula is C28H24N2O5S. The zero-order valence-corrected chi connectivity index (χ0v) is 20.6. The molecule has 2 heterocycles. The molecule has 1 N–H and O–H groups in total. The second kappa shape index (κ2) is 9.83. The Morgan fingerprint density at radius 3 is 2.31 bits per heavy atom. The number of carbonyl (C=O) groups excluding carboxylic acids is 2. The smallest absolute Gasteiger partial charge is 0.301 e. The molecule has 182 valence electrons. The van der Waals surface area contributed by atoms with Gasteiger partial charge >= 0.3 is 5.91 Å². The van der Waals surface area contributed by atoms with E-state index in [0.717, 1.165) is 4.70 Å². The van der Waals surface area contributed by atoms with Crippen molar-refractivity contribution in [2.45, 2.75) is 19.9 Å². The van der Waals surface area contributed by atoms with E-state index in [2.05, 4.69) is 4.98 Å². The minimum absolute atomic E-state index is 0.0182. The highest BCUT2D eigenvalue weighted by Gasteiger charge is 2.48. The number of benzene rings is 3. The maximum absolute atomic E-state index is 13.4. The Morgan fingerprint density at radius 1 is 0.944 bits per heavy atom. The van der Waals surface area contributed by atoms with Crippen molar-refractivity contribution >= 4 is 44.1 Å². The van der Waals surface area contributed by atoms with Crippen LogP contribution in [0.3, 0.4) is 0 Å². The molecule has 0 spiro atoms. The van der Waals surface area contributed by atoms with Crippen molar-refractivity contribution in [1.29, 1.82) is 0 Å². The fraction of sp³-hybridized carbons (Fsp3) is 0.179. The topological polar surface area (TPSA) is 89.0 Å². The van der Waals surface area contributed by atoms with Crippen molar-refractivity contribution in [3.05, 3.63) is 89.5 Å². The summed E-state index contributed by atoms with van der Waals surface area (Å²) in [6.07, 6.45) is 0. The van der Waals surface area contributed by atoms with Crippen LogP contribution in [0.1, 0.15) is 31.0 Å². The molecule has 1 amide bonds. The first-order valence-electron chi connectivity index (χ1n) is 11.6. The van der Waals surface area contributed by atoms with Crippen LogP contribution >= 0.6 is 11.3 Å². The molecule has 8 heteroatoms. The quantitative estimate of drug-likeness (QED) is 0.198. The minimum atomic E-state index is -0.854. The molecule has 1 saturated heterocycles. The number of thiazole rings is 1. The molecule has 5 rings (SSSR count). The number of ether oxygens (including phenoxy) is 2. The lowest BCUT2D eigenvalue weighted by Gasteiger charge is -2.23. The van der Waals surface area contributed by atoms with Crippen LogP contribution in [0.2, 0.25) is 0 Å². The summed E-state index contributed by atoms with van der Waals surface area (Å²) in [6.45, 7) is 4.85. The summed E-state index contributed by atoms with van der Waals surface area (Å²) in [4.78, 5) is 32.8. The van der Waals surface area contributed by atoms with E-state index in [4.69, 9.17) is 9.47 Å². The van der Waals surface area contributed by atoms with E-state index in [1.54, 1.807) is 48.5 Å². The SMILES string of the molecule is CCOc1ccc([C@H]2/C(=C(\O)c3ccccc3)C(=O)C(=O)N2c2nc3ccc(OCC)cc3s2)cc1. The lowest BCUT2D eigenvalue weighted by atomic mass is 9.95. The van der Waals surface area contributed by atoms with Crippen LogP contribution in [0.4, 0.5) is 5.13 Å². The Balaban J connectivity index is 1.67. The van der Waals surface area contributed by atoms with E-state index >= 15 is 0 Å². The first-order valence-corrected chi connectivity index (χ1v) is 12.5. The van der Waals surface area contributed by atoms with E-state index in [-0.39, 0.29) is 11.3 Å². The Bertz CT molecular complexity index is 1460. The third-order valence-electron chi connectivity index (χ3n) is 5.86. The second-order valence-corrected chi connectivity index (χ2v) is 9.11. The van der Waals surface area contributed by atoms with Gasteiger partial charge in [-0.25, -0.2) is 4.98 Å². The number of Topliss-reactive ketones (excluding diaryl/α,β-unsaturated/α-hetero) is 1. The number of rotatable bonds is 7. The molecule has 1 aliphatic rings. The highest BCUT2D eigenvalue weighted by molar-refractivity contribution is 7.22. The zero-order chi connectivity index (χ0) is 25.2. The van der Waals surface area contributed by atoms with Crippen LogP contribution in [-0.2, 0) is 9.59 Å². The van der Waals surface area contributed by atoms with Crippen molar-refractivity contribution in [1.82, 2.24) is 4.98 Å². The molecule has 0 saturated carbocycles. The van der Waals surface area contributed by atoms with Crippen LogP contribution in [0, 0.1) is 0 Å². The van der Waals surface area contributed by atoms with Crippen LogP contribution in [0.25, 0.3) is 16.0 Å². The van der Waals surface area contributed by atoms with Gasteiger partial charge in [0.1, 0.15) is 17.3 Å². The first kappa shape index (κ1) is 23.6. The Kier molecular flexibility index (Phi) is 6.43. The number of aromatic nitrogens is 1. The predicted octanol–water partition coefficient (Wildman–Crippen LogP) is 5.72. The Labute approximate surface area is 212 Å². The fourth-order valence-corrected chi connectivity index (χ4v) is 5.28. The van der Waals surface area contributed by atoms with E-state index < -0.39 is 17.7 Å². The van der Waals surface area contributed by atoms with Crippen molar-refractivity contribution in [3.8, 4) is 11.5 Å². The van der Waals surface area contributed by atoms with Crippen molar-refractivity contribution in [2.24, 2.45) is 0 Å². The molecule has 1 aromatic heterocycles. The van der Waals surface area contributed by atoms with Gasteiger partial charge in [-0.1, -0.05) is 53.8 Å². The van der Waals surface area contributed by atoms with Gasteiger partial charge < -0.3 is 14.6 Å². The molecule has 0 radical (unpaired) electrons. The summed E-state index contributed by atoms with van der Waals surface area (Å²) >= 11 is 1.29. The summed E-state index contributed by atoms with van der Waals surface area (Å²) in [6, 6.07) is 20.6. The third kappa shape index (κ3) is 4.20. The second-order valence-electron chi connectivity index (χ2n) is 8.10. The number of amides is 1. The number of carbonyl (C=O) groups is 2. The number of aliphatic hydroxyl groups is 1. The van der Waals surface area contributed by atoms with Crippen LogP contribution in [-0.4, -0.2) is 35.0 Å². The lowest BCUT2D eigenvalue weighted by molar-refractivity contribution is -0.132. The van der Waals surface area contributed by atoms with Crippen LogP contribution in [0.15, 0.2) is 78.4 Å². The van der Waals surface area contributed by atoms with Gasteiger partial charge in [0.05, 0.1) is 35.0 Å². The molecule has 1 fully saturated rings. The highest BCUT2D eigenvalue weighted by Crippen LogP contribution is 2.44. The average Bonchev–Trinajstić information content (AvgIpc) is 3.43. The first-order chi connectivity index (χ1) is 17.5. The summed E-state index contributed by atoms with van der Waals surface area (Å²) < 4.78 is 12.0. The van der Waals surface area contributed by atoms with Gasteiger partial charge in [0.2, 0.25) is 0 Å². The highest BCUT2D eigenvalue weighted by atomic mass is 32.1. The average molecular weight is 501 g/mol. The predicted molar refractivity (Wildman–Crippen MR) is 140 cm³/mol. The third-order valence-corrected chi connectivity index (χ3v) is 6.88. The standard InChI is InChI=1S/C28H24N2O5S/c1-3-34-19-12-10-17(11-13-19)24-23(25(31)18-8-6-5-7-9-18)26(32)27(33)30(24)28-29-21-15-14-20(35-4-2)16-22(21)36-28/h5-16,24,31H,3-4H2,1-2H3/b25-23+/t24-/m0/s1. The van der Waals surface area contributed by atoms with Gasteiger partial charge in [0, 0.05) is 5.56 Å². The summed E-state index contributed by atoms with van der Waals surface area (Å²) in [5.41, 5.74) is 1.82. The van der Waals surface area contributed by atoms with Gasteiger partial charge in [-0.3, -0.25) is 14.5 Å². The molecule has 3 aromatic carbocycles. The van der Waals surface area contributed by atoms with Gasteiger partial charge in [-0.2, -0.15) is 0 Å². The molecule has 0 unspecified atom stereocenters. The number of fused-ring (bicyclic) bond motifs is 1. The summed E-state index contributed by atoms with van der Waals surface area (Å²) in [5.74, 6) is -0.353. The number of anilines is 1. The number of nitrogens with zero attached hydrogens (tertiary/aromatic N) is 2. The van der Waals surface area contributed by atoms with E-state index in [9.17, 15) is 14.7 Å². The number of hydrogen-bond acceptors (Lipinski definition) is 7. The maximum atomic E-state index is 13.4. The molecule has 4 aromatic rings. The van der Waals surface area contributed by atoms with Crippen LogP contribution < -0.4 is 14.4 Å². The zero-order valence-electron chi connectivity index (χ0n) is 19.8. The molecule has 0 bridgehead atoms. The van der Waals surface area contributed by atoms with E-state index in [0.29, 0.717) is 46.5 Å². The van der Waals surface area contributed by atoms with Gasteiger partial charge in [-0.05, 0) is 49.7 Å².